The lowest BCUT2D eigenvalue weighted by Gasteiger charge is -2.38. The van der Waals surface area contributed by atoms with Crippen molar-refractivity contribution in [3.05, 3.63) is 36.2 Å². The maximum Gasteiger partial charge on any atom is 0.249 e. The number of benzene rings is 1. The van der Waals surface area contributed by atoms with E-state index in [1.807, 2.05) is 31.2 Å². The summed E-state index contributed by atoms with van der Waals surface area (Å²) in [5, 5.41) is 6.61. The number of ether oxygens (including phenoxy) is 1. The Morgan fingerprint density at radius 2 is 2.04 bits per heavy atom. The van der Waals surface area contributed by atoms with Crippen LogP contribution in [0.2, 0.25) is 0 Å². The predicted octanol–water partition coefficient (Wildman–Crippen LogP) is 0.831. The maximum atomic E-state index is 12.5. The number of likely N-dealkylation sites (tertiary alicyclic amines) is 1. The van der Waals surface area contributed by atoms with Gasteiger partial charge < -0.3 is 14.2 Å². The molecule has 0 spiro atoms. The molecule has 0 bridgehead atoms. The van der Waals surface area contributed by atoms with Gasteiger partial charge in [-0.3, -0.25) is 4.79 Å². The van der Waals surface area contributed by atoms with Crippen molar-refractivity contribution in [1.82, 2.24) is 19.7 Å². The number of carbonyl (C=O) groups is 1. The Bertz CT molecular complexity index is 888. The topological polar surface area (TPSA) is 94.4 Å². The van der Waals surface area contributed by atoms with Crippen LogP contribution in [0.5, 0.6) is 5.75 Å². The number of carbonyl (C=O) groups excluding carboxylic acids is 1. The Morgan fingerprint density at radius 3 is 2.69 bits per heavy atom. The number of hydrogen-bond donors (Lipinski definition) is 0. The summed E-state index contributed by atoms with van der Waals surface area (Å²) in [5.74, 6) is 0.731. The van der Waals surface area contributed by atoms with Crippen LogP contribution >= 0.6 is 0 Å². The Morgan fingerprint density at radius 1 is 1.31 bits per heavy atom. The molecule has 0 saturated carbocycles. The minimum absolute atomic E-state index is 0.0549. The van der Waals surface area contributed by atoms with Gasteiger partial charge in [0.1, 0.15) is 17.3 Å². The summed E-state index contributed by atoms with van der Waals surface area (Å²) in [4.78, 5) is 13.9. The second-order valence-electron chi connectivity index (χ2n) is 6.23. The highest BCUT2D eigenvalue weighted by atomic mass is 32.2. The summed E-state index contributed by atoms with van der Waals surface area (Å²) in [6.45, 7) is 2.88. The third kappa shape index (κ3) is 3.57. The van der Waals surface area contributed by atoms with Crippen molar-refractivity contribution < 1.29 is 17.9 Å². The summed E-state index contributed by atoms with van der Waals surface area (Å²) in [5.41, 5.74) is 0.978. The van der Waals surface area contributed by atoms with E-state index in [1.54, 1.807) is 11.9 Å². The third-order valence-corrected chi connectivity index (χ3v) is 6.50. The molecule has 8 nitrogen and oxygen atoms in total. The number of hydrogen-bond acceptors (Lipinski definition) is 6. The zero-order valence-corrected chi connectivity index (χ0v) is 15.6. The van der Waals surface area contributed by atoms with E-state index in [9.17, 15) is 13.2 Å². The number of rotatable bonds is 7. The molecule has 1 aromatic carbocycles. The van der Waals surface area contributed by atoms with Crippen LogP contribution in [0.1, 0.15) is 18.9 Å². The van der Waals surface area contributed by atoms with Gasteiger partial charge in [-0.1, -0.05) is 18.2 Å². The van der Waals surface area contributed by atoms with Crippen LogP contribution < -0.4 is 4.74 Å². The highest BCUT2D eigenvalue weighted by molar-refractivity contribution is 7.92. The Labute approximate surface area is 152 Å². The standard InChI is InChI=1S/C17H22N4O4S/c1-3-25-15-7-5-4-6-13(15)8-9-16(22)21-10-14(11-21)26(23,24)17-19-18-12-20(17)2/h4-7,12,14H,3,8-11H2,1-2H3. The van der Waals surface area contributed by atoms with Crippen molar-refractivity contribution in [3.63, 3.8) is 0 Å². The van der Waals surface area contributed by atoms with Crippen LogP contribution in [0.4, 0.5) is 0 Å². The summed E-state index contributed by atoms with van der Waals surface area (Å²) in [6.07, 6.45) is 2.23. The van der Waals surface area contributed by atoms with E-state index < -0.39 is 15.1 Å². The first-order valence-corrected chi connectivity index (χ1v) is 10.0. The number of para-hydroxylation sites is 1. The van der Waals surface area contributed by atoms with Crippen LogP contribution in [0.3, 0.4) is 0 Å². The van der Waals surface area contributed by atoms with Crippen LogP contribution in [-0.4, -0.2) is 58.9 Å². The van der Waals surface area contributed by atoms with Gasteiger partial charge in [0.25, 0.3) is 0 Å². The SMILES string of the molecule is CCOc1ccccc1CCC(=O)N1CC(S(=O)(=O)c2nncn2C)C1. The fourth-order valence-corrected chi connectivity index (χ4v) is 4.58. The lowest BCUT2D eigenvalue weighted by atomic mass is 10.1. The van der Waals surface area contributed by atoms with Crippen LogP contribution in [0.15, 0.2) is 35.7 Å². The highest BCUT2D eigenvalue weighted by Crippen LogP contribution is 2.24. The van der Waals surface area contributed by atoms with Gasteiger partial charge in [0, 0.05) is 26.6 Å². The monoisotopic (exact) mass is 378 g/mol. The van der Waals surface area contributed by atoms with E-state index in [4.69, 9.17) is 4.74 Å². The Balaban J connectivity index is 1.55. The lowest BCUT2D eigenvalue weighted by molar-refractivity contribution is -0.134. The van der Waals surface area contributed by atoms with E-state index >= 15 is 0 Å². The van der Waals surface area contributed by atoms with Gasteiger partial charge in [-0.25, -0.2) is 8.42 Å². The molecular formula is C17H22N4O4S. The smallest absolute Gasteiger partial charge is 0.249 e. The second kappa shape index (κ2) is 7.45. The first-order valence-electron chi connectivity index (χ1n) is 8.50. The number of sulfone groups is 1. The molecule has 1 aromatic heterocycles. The molecule has 0 radical (unpaired) electrons. The summed E-state index contributed by atoms with van der Waals surface area (Å²) in [6, 6.07) is 7.63. The molecule has 1 fully saturated rings. The molecule has 0 atom stereocenters. The van der Waals surface area contributed by atoms with Gasteiger partial charge in [-0.2, -0.15) is 0 Å². The summed E-state index contributed by atoms with van der Waals surface area (Å²) in [7, 11) is -1.97. The number of aryl methyl sites for hydroxylation is 2. The van der Waals surface area contributed by atoms with Gasteiger partial charge in [-0.15, -0.1) is 10.2 Å². The maximum absolute atomic E-state index is 12.5. The van der Waals surface area contributed by atoms with E-state index in [2.05, 4.69) is 10.2 Å². The second-order valence-corrected chi connectivity index (χ2v) is 8.35. The quantitative estimate of drug-likeness (QED) is 0.708. The van der Waals surface area contributed by atoms with Crippen LogP contribution in [0.25, 0.3) is 0 Å². The first kappa shape index (κ1) is 18.4. The molecule has 1 aliphatic heterocycles. The Hall–Kier alpha value is -2.42. The Kier molecular flexibility index (Phi) is 5.26. The van der Waals surface area contributed by atoms with Crippen molar-refractivity contribution in [2.24, 2.45) is 7.05 Å². The van der Waals surface area contributed by atoms with Crippen molar-refractivity contribution >= 4 is 15.7 Å². The molecule has 1 saturated heterocycles. The van der Waals surface area contributed by atoms with Crippen LogP contribution in [-0.2, 0) is 28.1 Å². The molecule has 2 heterocycles. The van der Waals surface area contributed by atoms with Gasteiger partial charge in [-0.05, 0) is 25.0 Å². The highest BCUT2D eigenvalue weighted by Gasteiger charge is 2.42. The molecule has 2 aromatic rings. The summed E-state index contributed by atoms with van der Waals surface area (Å²) >= 11 is 0. The van der Waals surface area contributed by atoms with E-state index in [0.717, 1.165) is 11.3 Å². The summed E-state index contributed by atoms with van der Waals surface area (Å²) < 4.78 is 31.9. The number of nitrogens with zero attached hydrogens (tertiary/aromatic N) is 4. The minimum atomic E-state index is -3.56. The zero-order chi connectivity index (χ0) is 18.7. The molecule has 0 unspecified atom stereocenters. The fraction of sp³-hybridized carbons (Fsp3) is 0.471. The van der Waals surface area contributed by atoms with Gasteiger partial charge in [0.05, 0.1) is 6.61 Å². The molecule has 9 heteroatoms. The molecule has 26 heavy (non-hydrogen) atoms. The van der Waals surface area contributed by atoms with Crippen molar-refractivity contribution in [2.45, 2.75) is 30.2 Å². The minimum Gasteiger partial charge on any atom is -0.494 e. The molecule has 1 aliphatic rings. The predicted molar refractivity (Wildman–Crippen MR) is 94.5 cm³/mol. The lowest BCUT2D eigenvalue weighted by Crippen LogP contribution is -2.57. The fourth-order valence-electron chi connectivity index (χ4n) is 2.92. The van der Waals surface area contributed by atoms with Crippen molar-refractivity contribution in [1.29, 1.82) is 0 Å². The van der Waals surface area contributed by atoms with E-state index in [0.29, 0.717) is 19.4 Å². The normalized spacial score (nSPS) is 14.9. The molecule has 1 amide bonds. The van der Waals surface area contributed by atoms with Gasteiger partial charge in [0.15, 0.2) is 0 Å². The van der Waals surface area contributed by atoms with Gasteiger partial charge >= 0.3 is 0 Å². The first-order chi connectivity index (χ1) is 12.4. The van der Waals surface area contributed by atoms with Crippen LogP contribution in [0, 0.1) is 0 Å². The number of amides is 1. The van der Waals surface area contributed by atoms with Crippen molar-refractivity contribution in [2.75, 3.05) is 19.7 Å². The van der Waals surface area contributed by atoms with E-state index in [-0.39, 0.29) is 24.2 Å². The average molecular weight is 378 g/mol. The van der Waals surface area contributed by atoms with Gasteiger partial charge in [0.2, 0.25) is 20.9 Å². The molecule has 3 rings (SSSR count). The molecule has 0 aliphatic carbocycles. The zero-order valence-electron chi connectivity index (χ0n) is 14.8. The largest absolute Gasteiger partial charge is 0.494 e. The van der Waals surface area contributed by atoms with Crippen molar-refractivity contribution in [3.8, 4) is 5.75 Å². The number of aromatic nitrogens is 3. The molecular weight excluding hydrogens is 356 g/mol. The molecule has 0 N–H and O–H groups in total. The van der Waals surface area contributed by atoms with E-state index in [1.165, 1.54) is 10.9 Å². The third-order valence-electron chi connectivity index (χ3n) is 4.44. The molecule has 140 valence electrons. The average Bonchev–Trinajstić information content (AvgIpc) is 2.99.